The Labute approximate surface area is 134 Å². The molecule has 0 bridgehead atoms. The average Bonchev–Trinajstić information content (AvgIpc) is 2.88. The third kappa shape index (κ3) is 2.84. The third-order valence-corrected chi connectivity index (χ3v) is 4.34. The van der Waals surface area contributed by atoms with Crippen LogP contribution in [0.2, 0.25) is 5.02 Å². The highest BCUT2D eigenvalue weighted by Crippen LogP contribution is 2.31. The smallest absolute Gasteiger partial charge is 0.148 e. The number of fused-ring (bicyclic) bond motifs is 1. The van der Waals surface area contributed by atoms with E-state index in [1.807, 2.05) is 24.3 Å². The summed E-state index contributed by atoms with van der Waals surface area (Å²) in [5.41, 5.74) is 7.29. The molecule has 0 fully saturated rings. The van der Waals surface area contributed by atoms with Gasteiger partial charge in [-0.3, -0.25) is 0 Å². The van der Waals surface area contributed by atoms with Gasteiger partial charge in [-0.15, -0.1) is 0 Å². The lowest BCUT2D eigenvalue weighted by Crippen LogP contribution is -2.13. The van der Waals surface area contributed by atoms with Crippen LogP contribution in [0.3, 0.4) is 0 Å². The maximum Gasteiger partial charge on any atom is 0.148 e. The molecule has 2 N–H and O–H groups in total. The lowest BCUT2D eigenvalue weighted by molar-refractivity contribution is 0.487. The SMILES string of the molecule is NC(Cc1c(F)cccc1Cl)c1cc2cccc(Br)c2o1. The minimum absolute atomic E-state index is 0.281. The van der Waals surface area contributed by atoms with Gasteiger partial charge in [0, 0.05) is 16.0 Å². The third-order valence-electron chi connectivity index (χ3n) is 3.37. The van der Waals surface area contributed by atoms with E-state index >= 15 is 0 Å². The van der Waals surface area contributed by atoms with Crippen molar-refractivity contribution in [2.75, 3.05) is 0 Å². The zero-order valence-corrected chi connectivity index (χ0v) is 13.3. The van der Waals surface area contributed by atoms with Gasteiger partial charge in [0.15, 0.2) is 0 Å². The van der Waals surface area contributed by atoms with E-state index in [1.165, 1.54) is 6.07 Å². The van der Waals surface area contributed by atoms with Gasteiger partial charge < -0.3 is 10.2 Å². The van der Waals surface area contributed by atoms with Crippen LogP contribution in [-0.2, 0) is 6.42 Å². The lowest BCUT2D eigenvalue weighted by Gasteiger charge is -2.11. The van der Waals surface area contributed by atoms with E-state index in [-0.39, 0.29) is 12.2 Å². The van der Waals surface area contributed by atoms with Gasteiger partial charge in [-0.1, -0.05) is 29.8 Å². The molecule has 5 heteroatoms. The molecule has 0 radical (unpaired) electrons. The Bertz CT molecular complexity index is 782. The van der Waals surface area contributed by atoms with E-state index in [2.05, 4.69) is 15.9 Å². The number of para-hydroxylation sites is 1. The molecule has 0 aliphatic heterocycles. The minimum atomic E-state index is -0.460. The highest BCUT2D eigenvalue weighted by molar-refractivity contribution is 9.10. The summed E-state index contributed by atoms with van der Waals surface area (Å²) < 4.78 is 20.5. The minimum Gasteiger partial charge on any atom is -0.458 e. The number of nitrogens with two attached hydrogens (primary N) is 1. The van der Waals surface area contributed by atoms with Crippen LogP contribution in [0, 0.1) is 5.82 Å². The average molecular weight is 369 g/mol. The van der Waals surface area contributed by atoms with Crippen LogP contribution < -0.4 is 5.73 Å². The number of benzene rings is 2. The van der Waals surface area contributed by atoms with Gasteiger partial charge in [0.2, 0.25) is 0 Å². The zero-order chi connectivity index (χ0) is 15.0. The van der Waals surface area contributed by atoms with Crippen LogP contribution in [0.25, 0.3) is 11.0 Å². The molecule has 0 saturated heterocycles. The highest BCUT2D eigenvalue weighted by Gasteiger charge is 2.17. The fourth-order valence-electron chi connectivity index (χ4n) is 2.28. The number of rotatable bonds is 3. The van der Waals surface area contributed by atoms with E-state index in [0.717, 1.165) is 15.4 Å². The molecule has 2 aromatic carbocycles. The number of hydrogen-bond donors (Lipinski definition) is 1. The first-order valence-electron chi connectivity index (χ1n) is 6.42. The Kier molecular flexibility index (Phi) is 4.02. The first kappa shape index (κ1) is 14.6. The van der Waals surface area contributed by atoms with Gasteiger partial charge in [-0.05, 0) is 46.6 Å². The Morgan fingerprint density at radius 2 is 2.00 bits per heavy atom. The van der Waals surface area contributed by atoms with Gasteiger partial charge in [0.05, 0.1) is 10.5 Å². The molecular formula is C16H12BrClFNO. The van der Waals surface area contributed by atoms with Crippen molar-refractivity contribution in [3.05, 3.63) is 69.1 Å². The van der Waals surface area contributed by atoms with Crippen molar-refractivity contribution in [1.82, 2.24) is 0 Å². The first-order chi connectivity index (χ1) is 10.1. The molecule has 21 heavy (non-hydrogen) atoms. The van der Waals surface area contributed by atoms with E-state index in [0.29, 0.717) is 16.3 Å². The maximum atomic E-state index is 13.8. The van der Waals surface area contributed by atoms with Gasteiger partial charge in [0.25, 0.3) is 0 Å². The van der Waals surface area contributed by atoms with Crippen molar-refractivity contribution in [3.63, 3.8) is 0 Å². The lowest BCUT2D eigenvalue weighted by atomic mass is 10.0. The topological polar surface area (TPSA) is 39.2 Å². The highest BCUT2D eigenvalue weighted by atomic mass is 79.9. The van der Waals surface area contributed by atoms with Crippen molar-refractivity contribution >= 4 is 38.5 Å². The van der Waals surface area contributed by atoms with Gasteiger partial charge >= 0.3 is 0 Å². The predicted molar refractivity (Wildman–Crippen MR) is 86.0 cm³/mol. The van der Waals surface area contributed by atoms with Crippen LogP contribution in [0.15, 0.2) is 51.4 Å². The van der Waals surface area contributed by atoms with Gasteiger partial charge in [-0.2, -0.15) is 0 Å². The van der Waals surface area contributed by atoms with Crippen molar-refractivity contribution < 1.29 is 8.81 Å². The molecule has 1 heterocycles. The van der Waals surface area contributed by atoms with Crippen molar-refractivity contribution in [2.45, 2.75) is 12.5 Å². The molecule has 1 unspecified atom stereocenters. The van der Waals surface area contributed by atoms with Gasteiger partial charge in [-0.25, -0.2) is 4.39 Å². The van der Waals surface area contributed by atoms with Crippen LogP contribution in [0.1, 0.15) is 17.4 Å². The Morgan fingerprint density at radius 3 is 2.71 bits per heavy atom. The molecule has 3 rings (SSSR count). The Balaban J connectivity index is 1.94. The van der Waals surface area contributed by atoms with Crippen molar-refractivity contribution in [2.24, 2.45) is 5.73 Å². The molecule has 0 amide bonds. The van der Waals surface area contributed by atoms with Crippen LogP contribution >= 0.6 is 27.5 Å². The summed E-state index contributed by atoms with van der Waals surface area (Å²) in [5, 5.41) is 1.33. The van der Waals surface area contributed by atoms with Crippen molar-refractivity contribution in [1.29, 1.82) is 0 Å². The van der Waals surface area contributed by atoms with E-state index in [4.69, 9.17) is 21.8 Å². The van der Waals surface area contributed by atoms with Gasteiger partial charge in [0.1, 0.15) is 17.2 Å². The molecule has 0 aliphatic carbocycles. The Hall–Kier alpha value is -1.36. The predicted octanol–water partition coefficient (Wildman–Crippen LogP) is 5.23. The number of hydrogen-bond acceptors (Lipinski definition) is 2. The molecule has 1 aromatic heterocycles. The molecule has 3 aromatic rings. The second kappa shape index (κ2) is 5.79. The zero-order valence-electron chi connectivity index (χ0n) is 10.9. The van der Waals surface area contributed by atoms with E-state index in [1.54, 1.807) is 12.1 Å². The quantitative estimate of drug-likeness (QED) is 0.687. The fraction of sp³-hybridized carbons (Fsp3) is 0.125. The van der Waals surface area contributed by atoms with Crippen LogP contribution in [0.4, 0.5) is 4.39 Å². The second-order valence-corrected chi connectivity index (χ2v) is 6.08. The summed E-state index contributed by atoms with van der Waals surface area (Å²) in [4.78, 5) is 0. The van der Waals surface area contributed by atoms with E-state index in [9.17, 15) is 4.39 Å². The van der Waals surface area contributed by atoms with Crippen molar-refractivity contribution in [3.8, 4) is 0 Å². The Morgan fingerprint density at radius 1 is 1.24 bits per heavy atom. The van der Waals surface area contributed by atoms with E-state index < -0.39 is 6.04 Å². The molecule has 0 spiro atoms. The summed E-state index contributed by atoms with van der Waals surface area (Å²) in [6, 6.07) is 11.8. The summed E-state index contributed by atoms with van der Waals surface area (Å²) in [6.07, 6.45) is 0.281. The summed E-state index contributed by atoms with van der Waals surface area (Å²) in [5.74, 6) is 0.256. The largest absolute Gasteiger partial charge is 0.458 e. The normalized spacial score (nSPS) is 12.8. The summed E-state index contributed by atoms with van der Waals surface area (Å²) >= 11 is 9.47. The first-order valence-corrected chi connectivity index (χ1v) is 7.60. The van der Waals surface area contributed by atoms with Crippen LogP contribution in [0.5, 0.6) is 0 Å². The molecule has 108 valence electrons. The summed E-state index contributed by atoms with van der Waals surface area (Å²) in [7, 11) is 0. The molecule has 0 saturated carbocycles. The standard InChI is InChI=1S/C16H12BrClFNO/c17-11-4-1-3-9-7-15(21-16(9)11)14(20)8-10-12(18)5-2-6-13(10)19/h1-7,14H,8,20H2. The molecule has 0 aliphatic rings. The fourth-order valence-corrected chi connectivity index (χ4v) is 2.98. The monoisotopic (exact) mass is 367 g/mol. The number of halogens is 3. The van der Waals surface area contributed by atoms with Crippen LogP contribution in [-0.4, -0.2) is 0 Å². The number of furan rings is 1. The second-order valence-electron chi connectivity index (χ2n) is 4.82. The maximum absolute atomic E-state index is 13.8. The molecule has 2 nitrogen and oxygen atoms in total. The molecule has 1 atom stereocenters. The molecular weight excluding hydrogens is 357 g/mol. The summed E-state index contributed by atoms with van der Waals surface area (Å²) in [6.45, 7) is 0.